The molecule has 18 heavy (non-hydrogen) atoms. The Balaban J connectivity index is 1.76. The maximum absolute atomic E-state index is 8.78. The zero-order valence-corrected chi connectivity index (χ0v) is 10.6. The van der Waals surface area contributed by atoms with Gasteiger partial charge in [0.05, 0.1) is 25.5 Å². The van der Waals surface area contributed by atoms with Gasteiger partial charge in [0.25, 0.3) is 0 Å². The molecule has 0 radical (unpaired) electrons. The first kappa shape index (κ1) is 13.4. The Morgan fingerprint density at radius 3 is 3.22 bits per heavy atom. The number of ether oxygens (including phenoxy) is 2. The summed E-state index contributed by atoms with van der Waals surface area (Å²) in [7, 11) is 1.72. The average molecular weight is 256 g/mol. The molecule has 1 fully saturated rings. The SMILES string of the molecule is COC1(CNCc2cn(CCO)nn2)CCOC1. The van der Waals surface area contributed by atoms with Gasteiger partial charge in [-0.1, -0.05) is 5.21 Å². The van der Waals surface area contributed by atoms with E-state index in [2.05, 4.69) is 15.6 Å². The van der Waals surface area contributed by atoms with Crippen LogP contribution in [0.3, 0.4) is 0 Å². The van der Waals surface area contributed by atoms with Gasteiger partial charge in [-0.2, -0.15) is 0 Å². The number of nitrogens with one attached hydrogen (secondary N) is 1. The van der Waals surface area contributed by atoms with Gasteiger partial charge in [-0.05, 0) is 0 Å². The maximum atomic E-state index is 8.78. The number of aromatic nitrogens is 3. The zero-order chi connectivity index (χ0) is 12.8. The minimum absolute atomic E-state index is 0.0698. The Hall–Kier alpha value is -1.02. The molecule has 2 heterocycles. The molecule has 1 aromatic rings. The minimum atomic E-state index is -0.207. The molecule has 1 aromatic heterocycles. The van der Waals surface area contributed by atoms with Crippen molar-refractivity contribution < 1.29 is 14.6 Å². The second-order valence-corrected chi connectivity index (χ2v) is 4.49. The molecule has 1 aliphatic heterocycles. The first-order valence-corrected chi connectivity index (χ1v) is 6.11. The van der Waals surface area contributed by atoms with Crippen LogP contribution in [0, 0.1) is 0 Å². The fourth-order valence-electron chi connectivity index (χ4n) is 2.01. The number of rotatable bonds is 7. The van der Waals surface area contributed by atoms with E-state index in [1.54, 1.807) is 11.8 Å². The quantitative estimate of drug-likeness (QED) is 0.662. The molecule has 0 amide bonds. The van der Waals surface area contributed by atoms with E-state index in [0.29, 0.717) is 19.7 Å². The van der Waals surface area contributed by atoms with Crippen molar-refractivity contribution in [2.75, 3.05) is 33.5 Å². The largest absolute Gasteiger partial charge is 0.394 e. The molecule has 7 nitrogen and oxygen atoms in total. The van der Waals surface area contributed by atoms with Crippen molar-refractivity contribution in [3.63, 3.8) is 0 Å². The predicted octanol–water partition coefficient (Wildman–Crippen LogP) is -0.834. The van der Waals surface area contributed by atoms with Crippen LogP contribution in [0.25, 0.3) is 0 Å². The van der Waals surface area contributed by atoms with E-state index in [0.717, 1.165) is 25.3 Å². The van der Waals surface area contributed by atoms with Crippen LogP contribution < -0.4 is 5.32 Å². The second kappa shape index (κ2) is 6.24. The van der Waals surface area contributed by atoms with Gasteiger partial charge in [0.1, 0.15) is 5.60 Å². The molecule has 0 spiro atoms. The van der Waals surface area contributed by atoms with E-state index in [1.807, 2.05) is 6.20 Å². The van der Waals surface area contributed by atoms with E-state index < -0.39 is 0 Å². The molecule has 1 saturated heterocycles. The molecule has 2 rings (SSSR count). The molecular formula is C11H20N4O3. The Morgan fingerprint density at radius 1 is 1.67 bits per heavy atom. The lowest BCUT2D eigenvalue weighted by atomic mass is 10.0. The van der Waals surface area contributed by atoms with Gasteiger partial charge in [-0.3, -0.25) is 0 Å². The number of aliphatic hydroxyl groups is 1. The van der Waals surface area contributed by atoms with Crippen molar-refractivity contribution in [1.82, 2.24) is 20.3 Å². The van der Waals surface area contributed by atoms with Crippen LogP contribution in [0.2, 0.25) is 0 Å². The third-order valence-electron chi connectivity index (χ3n) is 3.17. The van der Waals surface area contributed by atoms with E-state index in [1.165, 1.54) is 0 Å². The van der Waals surface area contributed by atoms with E-state index in [9.17, 15) is 0 Å². The summed E-state index contributed by atoms with van der Waals surface area (Å²) in [4.78, 5) is 0. The summed E-state index contributed by atoms with van der Waals surface area (Å²) in [5.41, 5.74) is 0.648. The Labute approximate surface area is 106 Å². The summed E-state index contributed by atoms with van der Waals surface area (Å²) in [5, 5.41) is 20.0. The maximum Gasteiger partial charge on any atom is 0.106 e. The predicted molar refractivity (Wildman–Crippen MR) is 64.0 cm³/mol. The van der Waals surface area contributed by atoms with Gasteiger partial charge in [0.2, 0.25) is 0 Å². The molecule has 7 heteroatoms. The Kier molecular flexibility index (Phi) is 4.65. The molecular weight excluding hydrogens is 236 g/mol. The van der Waals surface area contributed by atoms with Crippen molar-refractivity contribution in [2.24, 2.45) is 0 Å². The highest BCUT2D eigenvalue weighted by atomic mass is 16.5. The van der Waals surface area contributed by atoms with Gasteiger partial charge in [-0.25, -0.2) is 4.68 Å². The monoisotopic (exact) mass is 256 g/mol. The molecule has 1 aliphatic rings. The highest BCUT2D eigenvalue weighted by molar-refractivity contribution is 4.93. The summed E-state index contributed by atoms with van der Waals surface area (Å²) in [6.07, 6.45) is 2.74. The standard InChI is InChI=1S/C11H20N4O3/c1-17-11(2-5-18-9-11)8-12-6-10-7-15(3-4-16)14-13-10/h7,12,16H,2-6,8-9H2,1H3. The first-order valence-electron chi connectivity index (χ1n) is 6.11. The zero-order valence-electron chi connectivity index (χ0n) is 10.6. The summed E-state index contributed by atoms with van der Waals surface area (Å²) in [5.74, 6) is 0. The molecule has 0 bridgehead atoms. The van der Waals surface area contributed by atoms with Crippen LogP contribution in [-0.2, 0) is 22.6 Å². The summed E-state index contributed by atoms with van der Waals surface area (Å²) >= 11 is 0. The Bertz CT molecular complexity index is 363. The van der Waals surface area contributed by atoms with Crippen LogP contribution in [0.4, 0.5) is 0 Å². The molecule has 0 saturated carbocycles. The van der Waals surface area contributed by atoms with Gasteiger partial charge in [-0.15, -0.1) is 5.10 Å². The van der Waals surface area contributed by atoms with Crippen molar-refractivity contribution >= 4 is 0 Å². The van der Waals surface area contributed by atoms with E-state index in [4.69, 9.17) is 14.6 Å². The summed E-state index contributed by atoms with van der Waals surface area (Å²) in [6.45, 7) is 3.30. The van der Waals surface area contributed by atoms with Crippen molar-refractivity contribution in [3.05, 3.63) is 11.9 Å². The van der Waals surface area contributed by atoms with Crippen LogP contribution in [0.15, 0.2) is 6.20 Å². The molecule has 102 valence electrons. The fraction of sp³-hybridized carbons (Fsp3) is 0.818. The highest BCUT2D eigenvalue weighted by Gasteiger charge is 2.34. The fourth-order valence-corrected chi connectivity index (χ4v) is 2.01. The van der Waals surface area contributed by atoms with Gasteiger partial charge < -0.3 is 19.9 Å². The van der Waals surface area contributed by atoms with Gasteiger partial charge in [0.15, 0.2) is 0 Å². The van der Waals surface area contributed by atoms with Crippen LogP contribution in [0.5, 0.6) is 0 Å². The lowest BCUT2D eigenvalue weighted by Gasteiger charge is -2.25. The third kappa shape index (κ3) is 3.26. The summed E-state index contributed by atoms with van der Waals surface area (Å²) < 4.78 is 12.5. The van der Waals surface area contributed by atoms with Crippen molar-refractivity contribution in [1.29, 1.82) is 0 Å². The average Bonchev–Trinajstić information content (AvgIpc) is 3.00. The lowest BCUT2D eigenvalue weighted by Crippen LogP contribution is -2.42. The van der Waals surface area contributed by atoms with Gasteiger partial charge >= 0.3 is 0 Å². The molecule has 0 aromatic carbocycles. The third-order valence-corrected chi connectivity index (χ3v) is 3.17. The Morgan fingerprint density at radius 2 is 2.56 bits per heavy atom. The molecule has 1 unspecified atom stereocenters. The van der Waals surface area contributed by atoms with Gasteiger partial charge in [0, 0.05) is 39.4 Å². The highest BCUT2D eigenvalue weighted by Crippen LogP contribution is 2.21. The molecule has 1 atom stereocenters. The number of hydrogen-bond acceptors (Lipinski definition) is 6. The van der Waals surface area contributed by atoms with Crippen molar-refractivity contribution in [3.8, 4) is 0 Å². The molecule has 0 aliphatic carbocycles. The normalized spacial score (nSPS) is 23.7. The van der Waals surface area contributed by atoms with Crippen LogP contribution >= 0.6 is 0 Å². The van der Waals surface area contributed by atoms with Crippen LogP contribution in [-0.4, -0.2) is 59.2 Å². The number of methoxy groups -OCH3 is 1. The first-order chi connectivity index (χ1) is 8.78. The second-order valence-electron chi connectivity index (χ2n) is 4.49. The summed E-state index contributed by atoms with van der Waals surface area (Å²) in [6, 6.07) is 0. The van der Waals surface area contributed by atoms with E-state index in [-0.39, 0.29) is 12.2 Å². The lowest BCUT2D eigenvalue weighted by molar-refractivity contribution is -0.0159. The minimum Gasteiger partial charge on any atom is -0.394 e. The topological polar surface area (TPSA) is 81.4 Å². The molecule has 2 N–H and O–H groups in total. The van der Waals surface area contributed by atoms with Crippen molar-refractivity contribution in [2.45, 2.75) is 25.1 Å². The number of nitrogens with zero attached hydrogens (tertiary/aromatic N) is 3. The number of aliphatic hydroxyl groups excluding tert-OH is 1. The van der Waals surface area contributed by atoms with E-state index >= 15 is 0 Å². The smallest absolute Gasteiger partial charge is 0.106 e. The van der Waals surface area contributed by atoms with Crippen LogP contribution in [0.1, 0.15) is 12.1 Å². The number of hydrogen-bond donors (Lipinski definition) is 2.